The fourth-order valence-corrected chi connectivity index (χ4v) is 4.84. The molecule has 0 radical (unpaired) electrons. The van der Waals surface area contributed by atoms with E-state index in [0.29, 0.717) is 50.3 Å². The lowest BCUT2D eigenvalue weighted by molar-refractivity contribution is -0.135. The van der Waals surface area contributed by atoms with E-state index in [-0.39, 0.29) is 19.2 Å². The van der Waals surface area contributed by atoms with Gasteiger partial charge in [-0.3, -0.25) is 4.90 Å². The minimum absolute atomic E-state index is 0.0963. The van der Waals surface area contributed by atoms with E-state index in [0.717, 1.165) is 16.7 Å². The van der Waals surface area contributed by atoms with Crippen LogP contribution in [0.25, 0.3) is 0 Å². The Hall–Kier alpha value is -2.91. The van der Waals surface area contributed by atoms with Crippen LogP contribution < -0.4 is 0 Å². The van der Waals surface area contributed by atoms with Crippen LogP contribution in [-0.4, -0.2) is 71.3 Å². The van der Waals surface area contributed by atoms with Crippen LogP contribution in [0.5, 0.6) is 0 Å². The zero-order valence-corrected chi connectivity index (χ0v) is 17.3. The number of aliphatic hydroxyl groups is 1. The number of cyclic esters (lactones) is 2. The molecule has 2 saturated heterocycles. The van der Waals surface area contributed by atoms with E-state index in [4.69, 9.17) is 14.2 Å². The van der Waals surface area contributed by atoms with Gasteiger partial charge in [-0.2, -0.15) is 0 Å². The number of piperidine rings is 1. The molecule has 4 heterocycles. The minimum Gasteiger partial charge on any atom is -0.457 e. The molecule has 9 heteroatoms. The number of esters is 2. The Morgan fingerprint density at radius 1 is 1.13 bits per heavy atom. The summed E-state index contributed by atoms with van der Waals surface area (Å²) in [7, 11) is 0. The SMILES string of the molecule is Cc1c(C(O)CN2CCC3(CC2)CN(C2=CC(=O)OC2)C(=O)O3)ccc2c1COC2=O. The van der Waals surface area contributed by atoms with Gasteiger partial charge in [-0.25, -0.2) is 14.4 Å². The van der Waals surface area contributed by atoms with Crippen molar-refractivity contribution in [1.82, 2.24) is 9.80 Å². The van der Waals surface area contributed by atoms with E-state index in [1.165, 1.54) is 11.0 Å². The molecular weight excluding hydrogens is 404 g/mol. The van der Waals surface area contributed by atoms with Crippen molar-refractivity contribution < 1.29 is 33.7 Å². The first-order chi connectivity index (χ1) is 14.8. The first kappa shape index (κ1) is 20.0. The minimum atomic E-state index is -0.690. The van der Waals surface area contributed by atoms with Gasteiger partial charge in [0.05, 0.1) is 23.9 Å². The molecule has 0 bridgehead atoms. The smallest absolute Gasteiger partial charge is 0.414 e. The third-order valence-electron chi connectivity index (χ3n) is 6.73. The zero-order valence-electron chi connectivity index (χ0n) is 17.3. The topological polar surface area (TPSA) is 106 Å². The number of hydrogen-bond acceptors (Lipinski definition) is 8. The molecule has 5 rings (SSSR count). The number of likely N-dealkylation sites (tertiary alicyclic amines) is 1. The maximum atomic E-state index is 12.3. The summed E-state index contributed by atoms with van der Waals surface area (Å²) in [5, 5.41) is 10.8. The summed E-state index contributed by atoms with van der Waals surface area (Å²) in [6.07, 6.45) is 1.50. The van der Waals surface area contributed by atoms with Crippen molar-refractivity contribution in [3.05, 3.63) is 46.2 Å². The van der Waals surface area contributed by atoms with Crippen LogP contribution in [0.3, 0.4) is 0 Å². The fraction of sp³-hybridized carbons (Fsp3) is 0.500. The second-order valence-electron chi connectivity index (χ2n) is 8.58. The second-order valence-corrected chi connectivity index (χ2v) is 8.58. The maximum absolute atomic E-state index is 12.3. The molecule has 9 nitrogen and oxygen atoms in total. The van der Waals surface area contributed by atoms with Crippen molar-refractivity contribution in [2.75, 3.05) is 32.8 Å². The molecule has 2 fully saturated rings. The van der Waals surface area contributed by atoms with Gasteiger partial charge in [0, 0.05) is 44.1 Å². The molecule has 164 valence electrons. The van der Waals surface area contributed by atoms with Gasteiger partial charge in [0.1, 0.15) is 18.8 Å². The normalized spacial score (nSPS) is 23.5. The van der Waals surface area contributed by atoms with Crippen LogP contribution in [0.1, 0.15) is 46.0 Å². The molecule has 4 aliphatic heterocycles. The molecule has 1 aromatic rings. The van der Waals surface area contributed by atoms with Crippen molar-refractivity contribution in [2.24, 2.45) is 0 Å². The summed E-state index contributed by atoms with van der Waals surface area (Å²) in [4.78, 5) is 39.0. The lowest BCUT2D eigenvalue weighted by Crippen LogP contribution is -2.47. The number of ether oxygens (including phenoxy) is 3. The molecular formula is C22H24N2O7. The molecule has 1 atom stereocenters. The van der Waals surface area contributed by atoms with E-state index in [9.17, 15) is 19.5 Å². The van der Waals surface area contributed by atoms with Crippen LogP contribution in [0, 0.1) is 6.92 Å². The number of β-amino-alcohol motifs (C(OH)–C–C–N with tert-alkyl or cyclic N) is 1. The molecule has 1 unspecified atom stereocenters. The predicted octanol–water partition coefficient (Wildman–Crippen LogP) is 1.43. The number of hydrogen-bond donors (Lipinski definition) is 1. The van der Waals surface area contributed by atoms with Crippen LogP contribution in [0.2, 0.25) is 0 Å². The average molecular weight is 428 g/mol. The monoisotopic (exact) mass is 428 g/mol. The standard InChI is InChI=1S/C22H24N2O7/c1-13-15(2-3-16-17(13)11-30-20(16)27)18(25)9-23-6-4-22(5-7-23)12-24(21(28)31-22)14-8-19(26)29-10-14/h2-3,8,18,25H,4-7,9-12H2,1H3. The first-order valence-electron chi connectivity index (χ1n) is 10.4. The third-order valence-corrected chi connectivity index (χ3v) is 6.73. The Morgan fingerprint density at radius 3 is 2.61 bits per heavy atom. The first-order valence-corrected chi connectivity index (χ1v) is 10.4. The largest absolute Gasteiger partial charge is 0.457 e. The molecule has 1 N–H and O–H groups in total. The second kappa shape index (κ2) is 7.35. The summed E-state index contributed by atoms with van der Waals surface area (Å²) < 4.78 is 15.7. The van der Waals surface area contributed by atoms with Crippen molar-refractivity contribution in [2.45, 2.75) is 38.1 Å². The molecule has 1 amide bonds. The van der Waals surface area contributed by atoms with Crippen LogP contribution >= 0.6 is 0 Å². The van der Waals surface area contributed by atoms with E-state index >= 15 is 0 Å². The summed E-state index contributed by atoms with van der Waals surface area (Å²) in [6.45, 7) is 4.47. The van der Waals surface area contributed by atoms with Crippen molar-refractivity contribution in [3.8, 4) is 0 Å². The highest BCUT2D eigenvalue weighted by atomic mass is 16.6. The number of carbonyl (C=O) groups excluding carboxylic acids is 3. The van der Waals surface area contributed by atoms with Gasteiger partial charge < -0.3 is 24.2 Å². The molecule has 4 aliphatic rings. The summed E-state index contributed by atoms with van der Waals surface area (Å²) in [5.41, 5.74) is 3.08. The molecule has 0 aliphatic carbocycles. The maximum Gasteiger partial charge on any atom is 0.414 e. The Labute approximate surface area is 179 Å². The predicted molar refractivity (Wildman–Crippen MR) is 106 cm³/mol. The van der Waals surface area contributed by atoms with Gasteiger partial charge in [0.25, 0.3) is 0 Å². The van der Waals surface area contributed by atoms with Crippen LogP contribution in [-0.2, 0) is 25.6 Å². The summed E-state index contributed by atoms with van der Waals surface area (Å²) in [6, 6.07) is 3.52. The summed E-state index contributed by atoms with van der Waals surface area (Å²) >= 11 is 0. The van der Waals surface area contributed by atoms with Gasteiger partial charge in [-0.1, -0.05) is 6.07 Å². The number of fused-ring (bicyclic) bond motifs is 1. The summed E-state index contributed by atoms with van der Waals surface area (Å²) in [5.74, 6) is -0.754. The highest BCUT2D eigenvalue weighted by molar-refractivity contribution is 5.94. The van der Waals surface area contributed by atoms with Crippen LogP contribution in [0.4, 0.5) is 4.79 Å². The van der Waals surface area contributed by atoms with Gasteiger partial charge in [0.15, 0.2) is 0 Å². The Morgan fingerprint density at radius 2 is 1.90 bits per heavy atom. The van der Waals surface area contributed by atoms with Crippen molar-refractivity contribution >= 4 is 18.0 Å². The molecule has 1 spiro atoms. The Balaban J connectivity index is 1.21. The number of carbonyl (C=O) groups is 3. The molecule has 0 aromatic heterocycles. The zero-order chi connectivity index (χ0) is 21.8. The van der Waals surface area contributed by atoms with Crippen molar-refractivity contribution in [3.63, 3.8) is 0 Å². The van der Waals surface area contributed by atoms with E-state index in [1.807, 2.05) is 6.92 Å². The quantitative estimate of drug-likeness (QED) is 0.567. The van der Waals surface area contributed by atoms with Gasteiger partial charge in [0.2, 0.25) is 0 Å². The number of aliphatic hydroxyl groups excluding tert-OH is 1. The Bertz CT molecular complexity index is 994. The van der Waals surface area contributed by atoms with E-state index in [1.54, 1.807) is 12.1 Å². The lowest BCUT2D eigenvalue weighted by atomic mass is 9.90. The highest BCUT2D eigenvalue weighted by Gasteiger charge is 2.48. The molecule has 31 heavy (non-hydrogen) atoms. The number of nitrogens with zero attached hydrogens (tertiary/aromatic N) is 2. The average Bonchev–Trinajstić information content (AvgIpc) is 3.42. The third kappa shape index (κ3) is 3.47. The van der Waals surface area contributed by atoms with Gasteiger partial charge >= 0.3 is 18.0 Å². The molecule has 1 aromatic carbocycles. The lowest BCUT2D eigenvalue weighted by Gasteiger charge is -2.38. The number of rotatable bonds is 4. The van der Waals surface area contributed by atoms with E-state index < -0.39 is 23.8 Å². The van der Waals surface area contributed by atoms with Gasteiger partial charge in [-0.05, 0) is 24.1 Å². The number of amides is 1. The highest BCUT2D eigenvalue weighted by Crippen LogP contribution is 2.36. The van der Waals surface area contributed by atoms with E-state index in [2.05, 4.69) is 4.90 Å². The number of benzene rings is 1. The molecule has 0 saturated carbocycles. The van der Waals surface area contributed by atoms with Crippen LogP contribution in [0.15, 0.2) is 23.9 Å². The fourth-order valence-electron chi connectivity index (χ4n) is 4.84. The Kier molecular flexibility index (Phi) is 4.75. The van der Waals surface area contributed by atoms with Crippen molar-refractivity contribution in [1.29, 1.82) is 0 Å². The van der Waals surface area contributed by atoms with Gasteiger partial charge in [-0.15, -0.1) is 0 Å².